The van der Waals surface area contributed by atoms with E-state index in [9.17, 15) is 4.79 Å². The molecule has 0 aliphatic heterocycles. The van der Waals surface area contributed by atoms with E-state index in [1.807, 2.05) is 20.8 Å². The topological polar surface area (TPSA) is 104 Å². The van der Waals surface area contributed by atoms with Gasteiger partial charge in [-0.25, -0.2) is 9.97 Å². The summed E-state index contributed by atoms with van der Waals surface area (Å²) in [6.45, 7) is 5.43. The van der Waals surface area contributed by atoms with Crippen molar-refractivity contribution in [3.05, 3.63) is 6.07 Å². The second-order valence-corrected chi connectivity index (χ2v) is 5.32. The third-order valence-electron chi connectivity index (χ3n) is 1.48. The second-order valence-electron chi connectivity index (χ2n) is 4.38. The zero-order valence-corrected chi connectivity index (χ0v) is 10.9. The van der Waals surface area contributed by atoms with Crippen LogP contribution in [0.2, 0.25) is 0 Å². The van der Waals surface area contributed by atoms with Crippen molar-refractivity contribution < 1.29 is 9.53 Å². The molecule has 0 bridgehead atoms. The van der Waals surface area contributed by atoms with E-state index < -0.39 is 5.60 Å². The van der Waals surface area contributed by atoms with Gasteiger partial charge in [0.25, 0.3) is 0 Å². The van der Waals surface area contributed by atoms with E-state index in [0.717, 1.165) is 11.8 Å². The van der Waals surface area contributed by atoms with E-state index in [1.165, 1.54) is 6.07 Å². The van der Waals surface area contributed by atoms with E-state index in [2.05, 4.69) is 9.97 Å². The minimum Gasteiger partial charge on any atom is -0.459 e. The first-order valence-corrected chi connectivity index (χ1v) is 5.99. The van der Waals surface area contributed by atoms with Crippen molar-refractivity contribution in [1.29, 1.82) is 0 Å². The maximum atomic E-state index is 11.4. The van der Waals surface area contributed by atoms with Crippen LogP contribution in [0.1, 0.15) is 20.8 Å². The summed E-state index contributed by atoms with van der Waals surface area (Å²) in [7, 11) is 0. The first kappa shape index (κ1) is 13.6. The Labute approximate surface area is 104 Å². The number of thioether (sulfide) groups is 1. The summed E-state index contributed by atoms with van der Waals surface area (Å²) >= 11 is 1.14. The number of anilines is 2. The van der Waals surface area contributed by atoms with Crippen LogP contribution < -0.4 is 11.5 Å². The predicted molar refractivity (Wildman–Crippen MR) is 67.4 cm³/mol. The molecule has 0 radical (unpaired) electrons. The molecule has 0 amide bonds. The molecule has 4 N–H and O–H groups in total. The van der Waals surface area contributed by atoms with Gasteiger partial charge in [-0.3, -0.25) is 4.79 Å². The molecule has 1 aromatic rings. The molecule has 0 fully saturated rings. The van der Waals surface area contributed by atoms with Crippen molar-refractivity contribution in [2.24, 2.45) is 0 Å². The average Bonchev–Trinajstić information content (AvgIpc) is 2.10. The fourth-order valence-electron chi connectivity index (χ4n) is 1.02. The van der Waals surface area contributed by atoms with Gasteiger partial charge in [-0.1, -0.05) is 11.8 Å². The summed E-state index contributed by atoms with van der Waals surface area (Å²) in [5.74, 6) is 0.362. The van der Waals surface area contributed by atoms with Gasteiger partial charge in [0.15, 0.2) is 5.16 Å². The van der Waals surface area contributed by atoms with Gasteiger partial charge in [-0.15, -0.1) is 0 Å². The Hall–Kier alpha value is -1.50. The lowest BCUT2D eigenvalue weighted by molar-refractivity contribution is -0.151. The van der Waals surface area contributed by atoms with Crippen molar-refractivity contribution in [2.75, 3.05) is 17.2 Å². The molecule has 7 heteroatoms. The van der Waals surface area contributed by atoms with Crippen molar-refractivity contribution in [3.63, 3.8) is 0 Å². The van der Waals surface area contributed by atoms with Crippen molar-refractivity contribution in [2.45, 2.75) is 31.5 Å². The molecule has 0 unspecified atom stereocenters. The molecule has 0 aliphatic carbocycles. The lowest BCUT2D eigenvalue weighted by atomic mass is 10.2. The first-order valence-electron chi connectivity index (χ1n) is 5.01. The largest absolute Gasteiger partial charge is 0.459 e. The predicted octanol–water partition coefficient (Wildman–Crippen LogP) is 1.07. The van der Waals surface area contributed by atoms with Gasteiger partial charge in [0.05, 0.1) is 5.75 Å². The first-order chi connectivity index (χ1) is 7.76. The zero-order chi connectivity index (χ0) is 13.1. The maximum Gasteiger partial charge on any atom is 0.316 e. The van der Waals surface area contributed by atoms with Gasteiger partial charge >= 0.3 is 5.97 Å². The Bertz CT molecular complexity index is 397. The Morgan fingerprint density at radius 2 is 1.88 bits per heavy atom. The molecule has 1 aromatic heterocycles. The number of nitrogens with zero attached hydrogens (tertiary/aromatic N) is 2. The number of carbonyl (C=O) groups is 1. The monoisotopic (exact) mass is 256 g/mol. The molecular formula is C10H16N4O2S. The highest BCUT2D eigenvalue weighted by Gasteiger charge is 2.16. The summed E-state index contributed by atoms with van der Waals surface area (Å²) in [5.41, 5.74) is 10.5. The van der Waals surface area contributed by atoms with Gasteiger partial charge in [-0.05, 0) is 20.8 Å². The van der Waals surface area contributed by atoms with E-state index in [4.69, 9.17) is 16.2 Å². The zero-order valence-electron chi connectivity index (χ0n) is 10.1. The molecule has 0 saturated heterocycles. The molecule has 0 saturated carbocycles. The summed E-state index contributed by atoms with van der Waals surface area (Å²) in [6.07, 6.45) is 0. The molecule has 0 spiro atoms. The van der Waals surface area contributed by atoms with E-state index in [1.54, 1.807) is 0 Å². The number of nitrogens with two attached hydrogens (primary N) is 2. The molecule has 0 atom stereocenters. The molecular weight excluding hydrogens is 240 g/mol. The van der Waals surface area contributed by atoms with Crippen molar-refractivity contribution in [3.8, 4) is 0 Å². The SMILES string of the molecule is CC(C)(C)OC(=O)CSc1nc(N)cc(N)n1. The highest BCUT2D eigenvalue weighted by atomic mass is 32.2. The number of ether oxygens (including phenoxy) is 1. The van der Waals surface area contributed by atoms with Crippen molar-refractivity contribution in [1.82, 2.24) is 9.97 Å². The summed E-state index contributed by atoms with van der Waals surface area (Å²) in [5, 5.41) is 0.369. The van der Waals surface area contributed by atoms with Crippen molar-refractivity contribution >= 4 is 29.4 Å². The number of hydrogen-bond donors (Lipinski definition) is 2. The van der Waals surface area contributed by atoms with Gasteiger partial charge in [0.1, 0.15) is 17.2 Å². The van der Waals surface area contributed by atoms with Gasteiger partial charge < -0.3 is 16.2 Å². The van der Waals surface area contributed by atoms with Crippen LogP contribution in [0.5, 0.6) is 0 Å². The number of nitrogen functional groups attached to an aromatic ring is 2. The van der Waals surface area contributed by atoms with Crippen LogP contribution in [0.25, 0.3) is 0 Å². The molecule has 17 heavy (non-hydrogen) atoms. The summed E-state index contributed by atoms with van der Waals surface area (Å²) in [6, 6.07) is 1.46. The van der Waals surface area contributed by atoms with Gasteiger partial charge in [0.2, 0.25) is 0 Å². The third-order valence-corrected chi connectivity index (χ3v) is 2.31. The lowest BCUT2D eigenvalue weighted by Crippen LogP contribution is -2.25. The Kier molecular flexibility index (Phi) is 4.17. The van der Waals surface area contributed by atoms with Crippen LogP contribution in [-0.2, 0) is 9.53 Å². The van der Waals surface area contributed by atoms with Crippen LogP contribution in [0.15, 0.2) is 11.2 Å². The smallest absolute Gasteiger partial charge is 0.316 e. The Morgan fingerprint density at radius 3 is 2.35 bits per heavy atom. The van der Waals surface area contributed by atoms with E-state index >= 15 is 0 Å². The number of carbonyl (C=O) groups excluding carboxylic acids is 1. The van der Waals surface area contributed by atoms with Crippen LogP contribution >= 0.6 is 11.8 Å². The molecule has 0 aliphatic rings. The summed E-state index contributed by atoms with van der Waals surface area (Å²) in [4.78, 5) is 19.3. The standard InChI is InChI=1S/C10H16N4O2S/c1-10(2,3)16-8(15)5-17-9-13-6(11)4-7(12)14-9/h4H,5H2,1-3H3,(H4,11,12,13,14). The maximum absolute atomic E-state index is 11.4. The minimum absolute atomic E-state index is 0.125. The number of aromatic nitrogens is 2. The fourth-order valence-corrected chi connectivity index (χ4v) is 1.67. The highest BCUT2D eigenvalue weighted by molar-refractivity contribution is 7.99. The number of esters is 1. The number of hydrogen-bond acceptors (Lipinski definition) is 7. The second kappa shape index (κ2) is 5.22. The molecule has 1 rings (SSSR count). The molecule has 6 nitrogen and oxygen atoms in total. The third kappa shape index (κ3) is 5.39. The van der Waals surface area contributed by atoms with E-state index in [0.29, 0.717) is 5.16 Å². The van der Waals surface area contributed by atoms with Crippen LogP contribution in [-0.4, -0.2) is 27.3 Å². The summed E-state index contributed by atoms with van der Waals surface area (Å²) < 4.78 is 5.14. The molecule has 94 valence electrons. The normalized spacial score (nSPS) is 11.2. The Balaban J connectivity index is 2.53. The highest BCUT2D eigenvalue weighted by Crippen LogP contribution is 2.17. The minimum atomic E-state index is -0.493. The van der Waals surface area contributed by atoms with Gasteiger partial charge in [0, 0.05) is 6.07 Å². The number of rotatable bonds is 3. The fraction of sp³-hybridized carbons (Fsp3) is 0.500. The Morgan fingerprint density at radius 1 is 1.35 bits per heavy atom. The van der Waals surface area contributed by atoms with Crippen LogP contribution in [0, 0.1) is 0 Å². The average molecular weight is 256 g/mol. The molecule has 0 aromatic carbocycles. The van der Waals surface area contributed by atoms with Crippen LogP contribution in [0.4, 0.5) is 11.6 Å². The van der Waals surface area contributed by atoms with Crippen LogP contribution in [0.3, 0.4) is 0 Å². The van der Waals surface area contributed by atoms with Gasteiger partial charge in [-0.2, -0.15) is 0 Å². The molecule has 1 heterocycles. The quantitative estimate of drug-likeness (QED) is 0.473. The van der Waals surface area contributed by atoms with E-state index in [-0.39, 0.29) is 23.4 Å². The lowest BCUT2D eigenvalue weighted by Gasteiger charge is -2.19.